The topological polar surface area (TPSA) is 70.4 Å². The molecule has 0 bridgehead atoms. The zero-order valence-corrected chi connectivity index (χ0v) is 9.04. The number of carboxylic acids is 1. The van der Waals surface area contributed by atoms with E-state index >= 15 is 0 Å². The summed E-state index contributed by atoms with van der Waals surface area (Å²) in [4.78, 5) is 15.2. The van der Waals surface area contributed by atoms with Crippen LogP contribution in [0.5, 0.6) is 0 Å². The number of nitrogens with zero attached hydrogens (tertiary/aromatic N) is 1. The summed E-state index contributed by atoms with van der Waals surface area (Å²) in [6.07, 6.45) is 5.05. The van der Waals surface area contributed by atoms with Gasteiger partial charge < -0.3 is 10.2 Å². The molecule has 2 rings (SSSR count). The lowest BCUT2D eigenvalue weighted by Crippen LogP contribution is -2.42. The molecule has 4 nitrogen and oxygen atoms in total. The molecule has 1 aromatic heterocycles. The van der Waals surface area contributed by atoms with Gasteiger partial charge in [-0.15, -0.1) is 11.3 Å². The molecule has 1 aliphatic rings. The Bertz CT molecular complexity index is 346. The fourth-order valence-electron chi connectivity index (χ4n) is 2.20. The van der Waals surface area contributed by atoms with Crippen molar-refractivity contribution in [2.45, 2.75) is 31.3 Å². The number of carbonyl (C=O) groups is 1. The highest BCUT2D eigenvalue weighted by Gasteiger charge is 2.48. The number of rotatable bonds is 3. The van der Waals surface area contributed by atoms with Crippen LogP contribution in [0.4, 0.5) is 0 Å². The van der Waals surface area contributed by atoms with Gasteiger partial charge in [0.05, 0.1) is 0 Å². The Balaban J connectivity index is 2.35. The summed E-state index contributed by atoms with van der Waals surface area (Å²) >= 11 is 1.20. The predicted molar refractivity (Wildman–Crippen MR) is 55.6 cm³/mol. The van der Waals surface area contributed by atoms with E-state index in [0.29, 0.717) is 5.01 Å². The van der Waals surface area contributed by atoms with Crippen molar-refractivity contribution in [3.05, 3.63) is 16.6 Å². The van der Waals surface area contributed by atoms with Crippen LogP contribution < -0.4 is 0 Å². The van der Waals surface area contributed by atoms with E-state index in [1.54, 1.807) is 5.38 Å². The SMILES string of the molecule is O=C(O)C(O)(c1nccs1)C1CCCC1. The van der Waals surface area contributed by atoms with Gasteiger partial charge in [0.1, 0.15) is 5.01 Å². The first-order chi connectivity index (χ1) is 7.15. The van der Waals surface area contributed by atoms with Crippen LogP contribution in [-0.2, 0) is 10.4 Å². The Kier molecular flexibility index (Phi) is 2.75. The molecule has 1 aliphatic carbocycles. The third-order valence-corrected chi connectivity index (χ3v) is 3.93. The Morgan fingerprint density at radius 1 is 1.53 bits per heavy atom. The maximum Gasteiger partial charge on any atom is 0.343 e. The van der Waals surface area contributed by atoms with Gasteiger partial charge in [-0.25, -0.2) is 9.78 Å². The highest BCUT2D eigenvalue weighted by atomic mass is 32.1. The lowest BCUT2D eigenvalue weighted by Gasteiger charge is -2.27. The molecular weight excluding hydrogens is 214 g/mol. The fourth-order valence-corrected chi connectivity index (χ4v) is 3.00. The lowest BCUT2D eigenvalue weighted by molar-refractivity contribution is -0.166. The van der Waals surface area contributed by atoms with E-state index in [2.05, 4.69) is 4.98 Å². The smallest absolute Gasteiger partial charge is 0.343 e. The van der Waals surface area contributed by atoms with Crippen LogP contribution in [0.3, 0.4) is 0 Å². The van der Waals surface area contributed by atoms with Gasteiger partial charge in [-0.1, -0.05) is 12.8 Å². The van der Waals surface area contributed by atoms with E-state index in [1.807, 2.05) is 0 Å². The summed E-state index contributed by atoms with van der Waals surface area (Å²) in [5.41, 5.74) is -1.77. The first kappa shape index (κ1) is 10.6. The zero-order valence-electron chi connectivity index (χ0n) is 8.22. The first-order valence-corrected chi connectivity index (χ1v) is 5.89. The summed E-state index contributed by atoms with van der Waals surface area (Å²) in [7, 11) is 0. The maximum atomic E-state index is 11.2. The normalized spacial score (nSPS) is 21.4. The number of aliphatic carboxylic acids is 1. The van der Waals surface area contributed by atoms with Gasteiger partial charge in [-0.05, 0) is 12.8 Å². The Morgan fingerprint density at radius 2 is 2.20 bits per heavy atom. The van der Waals surface area contributed by atoms with Crippen LogP contribution in [0.2, 0.25) is 0 Å². The second kappa shape index (κ2) is 3.90. The van der Waals surface area contributed by atoms with Crippen LogP contribution in [0.1, 0.15) is 30.7 Å². The fraction of sp³-hybridized carbons (Fsp3) is 0.600. The molecule has 5 heteroatoms. The molecule has 1 fully saturated rings. The zero-order chi connectivity index (χ0) is 10.9. The molecule has 1 saturated carbocycles. The lowest BCUT2D eigenvalue weighted by atomic mass is 9.86. The Hall–Kier alpha value is -0.940. The Morgan fingerprint density at radius 3 is 2.67 bits per heavy atom. The van der Waals surface area contributed by atoms with Gasteiger partial charge in [-0.3, -0.25) is 0 Å². The molecule has 0 radical (unpaired) electrons. The molecule has 0 aromatic carbocycles. The average Bonchev–Trinajstić information content (AvgIpc) is 2.89. The molecule has 2 N–H and O–H groups in total. The molecule has 1 aromatic rings. The van der Waals surface area contributed by atoms with Gasteiger partial charge in [-0.2, -0.15) is 0 Å². The van der Waals surface area contributed by atoms with E-state index in [0.717, 1.165) is 25.7 Å². The minimum absolute atomic E-state index is 0.193. The molecule has 0 aliphatic heterocycles. The second-order valence-corrected chi connectivity index (χ2v) is 4.78. The molecule has 82 valence electrons. The molecule has 0 spiro atoms. The summed E-state index contributed by atoms with van der Waals surface area (Å²) in [6.45, 7) is 0. The third kappa shape index (κ3) is 1.66. The average molecular weight is 227 g/mol. The minimum Gasteiger partial charge on any atom is -0.479 e. The van der Waals surface area contributed by atoms with Crippen LogP contribution in [0.15, 0.2) is 11.6 Å². The second-order valence-electron chi connectivity index (χ2n) is 3.89. The van der Waals surface area contributed by atoms with Gasteiger partial charge in [0, 0.05) is 17.5 Å². The monoisotopic (exact) mass is 227 g/mol. The minimum atomic E-state index is -1.77. The number of thiazole rings is 1. The van der Waals surface area contributed by atoms with Gasteiger partial charge in [0.15, 0.2) is 0 Å². The van der Waals surface area contributed by atoms with Crippen molar-refractivity contribution in [3.8, 4) is 0 Å². The van der Waals surface area contributed by atoms with Crippen LogP contribution in [-0.4, -0.2) is 21.2 Å². The van der Waals surface area contributed by atoms with E-state index in [1.165, 1.54) is 17.5 Å². The van der Waals surface area contributed by atoms with Crippen molar-refractivity contribution in [1.29, 1.82) is 0 Å². The number of carboxylic acid groups (broad SMARTS) is 1. The van der Waals surface area contributed by atoms with E-state index in [4.69, 9.17) is 0 Å². The Labute approximate surface area is 91.6 Å². The van der Waals surface area contributed by atoms with Gasteiger partial charge >= 0.3 is 5.97 Å². The number of aliphatic hydroxyl groups is 1. The number of aromatic nitrogens is 1. The third-order valence-electron chi connectivity index (χ3n) is 3.03. The first-order valence-electron chi connectivity index (χ1n) is 5.01. The summed E-state index contributed by atoms with van der Waals surface area (Å²) in [6, 6.07) is 0. The van der Waals surface area contributed by atoms with Crippen molar-refractivity contribution < 1.29 is 15.0 Å². The van der Waals surface area contributed by atoms with Gasteiger partial charge in [0.2, 0.25) is 5.60 Å². The van der Waals surface area contributed by atoms with Crippen LogP contribution in [0, 0.1) is 5.92 Å². The van der Waals surface area contributed by atoms with Crippen molar-refractivity contribution in [3.63, 3.8) is 0 Å². The largest absolute Gasteiger partial charge is 0.479 e. The number of hydrogen-bond acceptors (Lipinski definition) is 4. The number of hydrogen-bond donors (Lipinski definition) is 2. The van der Waals surface area contributed by atoms with Crippen molar-refractivity contribution in [2.24, 2.45) is 5.92 Å². The standard InChI is InChI=1S/C10H13NO3S/c12-9(13)10(14,7-3-1-2-4-7)8-11-5-6-15-8/h5-7,14H,1-4H2,(H,12,13). The van der Waals surface area contributed by atoms with Crippen molar-refractivity contribution in [2.75, 3.05) is 0 Å². The molecule has 15 heavy (non-hydrogen) atoms. The summed E-state index contributed by atoms with van der Waals surface area (Å²) < 4.78 is 0. The van der Waals surface area contributed by atoms with E-state index in [-0.39, 0.29) is 5.92 Å². The van der Waals surface area contributed by atoms with Gasteiger partial charge in [0.25, 0.3) is 0 Å². The molecule has 1 unspecified atom stereocenters. The maximum absolute atomic E-state index is 11.2. The van der Waals surface area contributed by atoms with E-state index in [9.17, 15) is 15.0 Å². The predicted octanol–water partition coefficient (Wildman–Crippen LogP) is 1.61. The van der Waals surface area contributed by atoms with Crippen LogP contribution >= 0.6 is 11.3 Å². The molecule has 0 saturated heterocycles. The van der Waals surface area contributed by atoms with Crippen molar-refractivity contribution in [1.82, 2.24) is 4.98 Å². The van der Waals surface area contributed by atoms with E-state index < -0.39 is 11.6 Å². The molecular formula is C10H13NO3S. The molecule has 0 amide bonds. The summed E-state index contributed by atoms with van der Waals surface area (Å²) in [5, 5.41) is 21.5. The van der Waals surface area contributed by atoms with Crippen LogP contribution in [0.25, 0.3) is 0 Å². The highest BCUT2D eigenvalue weighted by molar-refractivity contribution is 7.09. The summed E-state index contributed by atoms with van der Waals surface area (Å²) in [5.74, 6) is -1.37. The molecule has 1 heterocycles. The molecule has 1 atom stereocenters. The quantitative estimate of drug-likeness (QED) is 0.823. The van der Waals surface area contributed by atoms with Crippen molar-refractivity contribution >= 4 is 17.3 Å². The highest BCUT2D eigenvalue weighted by Crippen LogP contribution is 2.41.